The molecule has 0 aliphatic rings. The molecule has 4 heteroatoms. The second-order valence-corrected chi connectivity index (χ2v) is 3.63. The average molecular weight is 196 g/mol. The van der Waals surface area contributed by atoms with Gasteiger partial charge < -0.3 is 15.6 Å². The summed E-state index contributed by atoms with van der Waals surface area (Å²) in [4.78, 5) is 4.10. The second kappa shape index (κ2) is 3.94. The third-order valence-electron chi connectivity index (χ3n) is 2.21. The molecule has 0 aliphatic carbocycles. The Morgan fingerprint density at radius 1 is 1.64 bits per heavy atom. The smallest absolute Gasteiger partial charge is 0.215 e. The van der Waals surface area contributed by atoms with Crippen LogP contribution in [0.1, 0.15) is 18.1 Å². The van der Waals surface area contributed by atoms with Crippen molar-refractivity contribution >= 4 is 0 Å². The van der Waals surface area contributed by atoms with Crippen LogP contribution in [0, 0.1) is 6.92 Å². The molecule has 0 radical (unpaired) electrons. The molecule has 3 N–H and O–H groups in total. The lowest BCUT2D eigenvalue weighted by atomic mass is 9.95. The van der Waals surface area contributed by atoms with Crippen molar-refractivity contribution in [2.24, 2.45) is 5.73 Å². The summed E-state index contributed by atoms with van der Waals surface area (Å²) in [7, 11) is 1.57. The van der Waals surface area contributed by atoms with Crippen LogP contribution in [-0.2, 0) is 5.54 Å². The molecule has 1 aromatic rings. The zero-order chi connectivity index (χ0) is 10.8. The summed E-state index contributed by atoms with van der Waals surface area (Å²) in [5.74, 6) is 0.586. The van der Waals surface area contributed by atoms with E-state index in [-0.39, 0.29) is 6.61 Å². The standard InChI is InChI=1S/C10H16N2O2/c1-7-4-8(10(2,11)6-13)5-12-9(7)14-3/h4-5,13H,6,11H2,1-3H3. The fourth-order valence-electron chi connectivity index (χ4n) is 1.18. The summed E-state index contributed by atoms with van der Waals surface area (Å²) in [5, 5.41) is 9.08. The molecule has 0 amide bonds. The predicted molar refractivity (Wildman–Crippen MR) is 54.2 cm³/mol. The van der Waals surface area contributed by atoms with Crippen molar-refractivity contribution in [1.82, 2.24) is 4.98 Å². The van der Waals surface area contributed by atoms with E-state index in [1.807, 2.05) is 13.0 Å². The molecule has 1 rings (SSSR count). The van der Waals surface area contributed by atoms with Crippen LogP contribution < -0.4 is 10.5 Å². The van der Waals surface area contributed by atoms with Gasteiger partial charge >= 0.3 is 0 Å². The number of hydrogen-bond donors (Lipinski definition) is 2. The van der Waals surface area contributed by atoms with Gasteiger partial charge in [0.1, 0.15) is 0 Å². The largest absolute Gasteiger partial charge is 0.481 e. The summed E-state index contributed by atoms with van der Waals surface area (Å²) in [6, 6.07) is 1.88. The summed E-state index contributed by atoms with van der Waals surface area (Å²) in [6.45, 7) is 3.54. The highest BCUT2D eigenvalue weighted by Crippen LogP contribution is 2.21. The number of ether oxygens (including phenoxy) is 1. The van der Waals surface area contributed by atoms with Gasteiger partial charge in [-0.2, -0.15) is 0 Å². The molecule has 1 aromatic heterocycles. The molecule has 1 heterocycles. The maximum Gasteiger partial charge on any atom is 0.215 e. The molecule has 0 spiro atoms. The van der Waals surface area contributed by atoms with Crippen molar-refractivity contribution in [3.63, 3.8) is 0 Å². The molecule has 14 heavy (non-hydrogen) atoms. The fraction of sp³-hybridized carbons (Fsp3) is 0.500. The van der Waals surface area contributed by atoms with Gasteiger partial charge in [0.25, 0.3) is 0 Å². The summed E-state index contributed by atoms with van der Waals surface area (Å²) >= 11 is 0. The van der Waals surface area contributed by atoms with E-state index in [9.17, 15) is 0 Å². The van der Waals surface area contributed by atoms with Gasteiger partial charge in [0, 0.05) is 11.8 Å². The van der Waals surface area contributed by atoms with Crippen LogP contribution in [0.2, 0.25) is 0 Å². The predicted octanol–water partition coefficient (Wildman–Crippen LogP) is 0.565. The minimum atomic E-state index is -0.746. The zero-order valence-electron chi connectivity index (χ0n) is 8.74. The summed E-state index contributed by atoms with van der Waals surface area (Å²) in [5.41, 5.74) is 6.84. The molecule has 0 saturated carbocycles. The number of aliphatic hydroxyl groups is 1. The van der Waals surface area contributed by atoms with E-state index in [4.69, 9.17) is 15.6 Å². The Morgan fingerprint density at radius 2 is 2.29 bits per heavy atom. The SMILES string of the molecule is COc1ncc(C(C)(N)CO)cc1C. The lowest BCUT2D eigenvalue weighted by molar-refractivity contribution is 0.209. The zero-order valence-corrected chi connectivity index (χ0v) is 8.74. The minimum absolute atomic E-state index is 0.111. The molecule has 78 valence electrons. The summed E-state index contributed by atoms with van der Waals surface area (Å²) in [6.07, 6.45) is 1.63. The molecule has 0 saturated heterocycles. The third kappa shape index (κ3) is 2.02. The van der Waals surface area contributed by atoms with Crippen molar-refractivity contribution < 1.29 is 9.84 Å². The van der Waals surface area contributed by atoms with Gasteiger partial charge in [0.2, 0.25) is 5.88 Å². The van der Waals surface area contributed by atoms with Crippen LogP contribution >= 0.6 is 0 Å². The van der Waals surface area contributed by atoms with E-state index in [1.54, 1.807) is 20.2 Å². The number of hydrogen-bond acceptors (Lipinski definition) is 4. The number of pyridine rings is 1. The van der Waals surface area contributed by atoms with E-state index in [0.29, 0.717) is 5.88 Å². The number of aryl methyl sites for hydroxylation is 1. The first-order valence-corrected chi connectivity index (χ1v) is 4.42. The van der Waals surface area contributed by atoms with Gasteiger partial charge in [0.05, 0.1) is 19.3 Å². The number of aromatic nitrogens is 1. The molecule has 0 aliphatic heterocycles. The van der Waals surface area contributed by atoms with Gasteiger partial charge in [-0.1, -0.05) is 0 Å². The van der Waals surface area contributed by atoms with Crippen LogP contribution in [0.25, 0.3) is 0 Å². The lowest BCUT2D eigenvalue weighted by Crippen LogP contribution is -2.37. The number of aliphatic hydroxyl groups excluding tert-OH is 1. The lowest BCUT2D eigenvalue weighted by Gasteiger charge is -2.22. The first-order valence-electron chi connectivity index (χ1n) is 4.42. The molecular weight excluding hydrogens is 180 g/mol. The Bertz CT molecular complexity index is 324. The van der Waals surface area contributed by atoms with Gasteiger partial charge in [0.15, 0.2) is 0 Å². The maximum absolute atomic E-state index is 9.08. The third-order valence-corrected chi connectivity index (χ3v) is 2.21. The quantitative estimate of drug-likeness (QED) is 0.741. The maximum atomic E-state index is 9.08. The van der Waals surface area contributed by atoms with Crippen molar-refractivity contribution in [2.45, 2.75) is 19.4 Å². The Morgan fingerprint density at radius 3 is 2.71 bits per heavy atom. The normalized spacial score (nSPS) is 14.9. The van der Waals surface area contributed by atoms with Gasteiger partial charge in [-0.25, -0.2) is 4.98 Å². The second-order valence-electron chi connectivity index (χ2n) is 3.63. The van der Waals surface area contributed by atoms with Crippen LogP contribution in [0.4, 0.5) is 0 Å². The van der Waals surface area contributed by atoms with Crippen molar-refractivity contribution in [1.29, 1.82) is 0 Å². The molecular formula is C10H16N2O2. The van der Waals surface area contributed by atoms with Crippen LogP contribution in [0.3, 0.4) is 0 Å². The number of nitrogens with zero attached hydrogens (tertiary/aromatic N) is 1. The average Bonchev–Trinajstić information content (AvgIpc) is 2.17. The molecule has 0 bridgehead atoms. The summed E-state index contributed by atoms with van der Waals surface area (Å²) < 4.78 is 5.03. The molecule has 1 unspecified atom stereocenters. The van der Waals surface area contributed by atoms with Crippen LogP contribution in [0.5, 0.6) is 5.88 Å². The van der Waals surface area contributed by atoms with Gasteiger partial charge in [-0.05, 0) is 25.5 Å². The van der Waals surface area contributed by atoms with Crippen molar-refractivity contribution in [3.05, 3.63) is 23.4 Å². The molecule has 1 atom stereocenters. The van der Waals surface area contributed by atoms with Gasteiger partial charge in [-0.3, -0.25) is 0 Å². The van der Waals surface area contributed by atoms with Crippen molar-refractivity contribution in [3.8, 4) is 5.88 Å². The van der Waals surface area contributed by atoms with Gasteiger partial charge in [-0.15, -0.1) is 0 Å². The van der Waals surface area contributed by atoms with E-state index in [0.717, 1.165) is 11.1 Å². The van der Waals surface area contributed by atoms with E-state index in [1.165, 1.54) is 0 Å². The first kappa shape index (κ1) is 10.9. The van der Waals surface area contributed by atoms with Crippen LogP contribution in [-0.4, -0.2) is 23.8 Å². The Hall–Kier alpha value is -1.13. The van der Waals surface area contributed by atoms with Crippen LogP contribution in [0.15, 0.2) is 12.3 Å². The minimum Gasteiger partial charge on any atom is -0.481 e. The monoisotopic (exact) mass is 196 g/mol. The Kier molecular flexibility index (Phi) is 3.08. The fourth-order valence-corrected chi connectivity index (χ4v) is 1.18. The van der Waals surface area contributed by atoms with E-state index in [2.05, 4.69) is 4.98 Å². The Balaban J connectivity index is 3.08. The highest BCUT2D eigenvalue weighted by molar-refractivity contribution is 5.32. The Labute approximate surface area is 83.7 Å². The van der Waals surface area contributed by atoms with E-state index < -0.39 is 5.54 Å². The first-order chi connectivity index (χ1) is 6.51. The number of nitrogens with two attached hydrogens (primary N) is 1. The topological polar surface area (TPSA) is 68.4 Å². The number of rotatable bonds is 3. The highest BCUT2D eigenvalue weighted by atomic mass is 16.5. The molecule has 4 nitrogen and oxygen atoms in total. The highest BCUT2D eigenvalue weighted by Gasteiger charge is 2.21. The van der Waals surface area contributed by atoms with Crippen molar-refractivity contribution in [2.75, 3.05) is 13.7 Å². The number of methoxy groups -OCH3 is 1. The molecule has 0 fully saturated rings. The molecule has 0 aromatic carbocycles. The van der Waals surface area contributed by atoms with E-state index >= 15 is 0 Å².